The van der Waals surface area contributed by atoms with Gasteiger partial charge in [-0.25, -0.2) is 18.7 Å². The minimum absolute atomic E-state index is 0.190. The quantitative estimate of drug-likeness (QED) is 0.396. The van der Waals surface area contributed by atoms with E-state index in [1.807, 2.05) is 6.07 Å². The highest BCUT2D eigenvalue weighted by molar-refractivity contribution is 5.94. The average Bonchev–Trinajstić information content (AvgIpc) is 3.35. The monoisotopic (exact) mass is 511 g/mol. The maximum atomic E-state index is 13.8. The Morgan fingerprint density at radius 2 is 1.71 bits per heavy atom. The third-order valence-corrected chi connectivity index (χ3v) is 7.92. The Hall–Kier alpha value is -4.09. The highest BCUT2D eigenvalue weighted by Gasteiger charge is 2.46. The van der Waals surface area contributed by atoms with Crippen molar-refractivity contribution >= 4 is 16.9 Å². The normalized spacial score (nSPS) is 16.9. The first-order chi connectivity index (χ1) is 18.4. The summed E-state index contributed by atoms with van der Waals surface area (Å²) in [6, 6.07) is 13.7. The summed E-state index contributed by atoms with van der Waals surface area (Å²) in [5, 5.41) is 0.706. The van der Waals surface area contributed by atoms with Crippen molar-refractivity contribution in [3.63, 3.8) is 0 Å². The lowest BCUT2D eigenvalue weighted by atomic mass is 9.72. The summed E-state index contributed by atoms with van der Waals surface area (Å²) in [6.07, 6.45) is 9.80. The second kappa shape index (κ2) is 9.66. The molecule has 0 radical (unpaired) electrons. The molecule has 192 valence electrons. The molecule has 2 aromatic heterocycles. The molecule has 4 heterocycles. The summed E-state index contributed by atoms with van der Waals surface area (Å²) < 4.78 is 27.6. The molecule has 0 atom stereocenters. The lowest BCUT2D eigenvalue weighted by Gasteiger charge is -2.53. The van der Waals surface area contributed by atoms with Crippen LogP contribution in [0.3, 0.4) is 0 Å². The first-order valence-electron chi connectivity index (χ1n) is 12.8. The Morgan fingerprint density at radius 1 is 1.00 bits per heavy atom. The molecule has 1 N–H and O–H groups in total. The molecule has 1 amide bonds. The van der Waals surface area contributed by atoms with Crippen molar-refractivity contribution in [1.82, 2.24) is 24.8 Å². The van der Waals surface area contributed by atoms with Crippen LogP contribution in [0.5, 0.6) is 0 Å². The lowest BCUT2D eigenvalue weighted by Crippen LogP contribution is -2.61. The van der Waals surface area contributed by atoms with Crippen LogP contribution < -0.4 is 0 Å². The third-order valence-electron chi connectivity index (χ3n) is 7.92. The molecule has 0 unspecified atom stereocenters. The average molecular weight is 512 g/mol. The summed E-state index contributed by atoms with van der Waals surface area (Å²) in [7, 11) is 0. The molecule has 2 saturated heterocycles. The van der Waals surface area contributed by atoms with Gasteiger partial charge in [0.15, 0.2) is 0 Å². The number of hydrogen-bond acceptors (Lipinski definition) is 4. The number of halogens is 2. The fourth-order valence-electron chi connectivity index (χ4n) is 5.72. The number of H-pyrrole nitrogens is 1. The number of rotatable bonds is 5. The van der Waals surface area contributed by atoms with Gasteiger partial charge in [0.2, 0.25) is 0 Å². The fourth-order valence-corrected chi connectivity index (χ4v) is 5.72. The predicted octanol–water partition coefficient (Wildman–Crippen LogP) is 4.67. The van der Waals surface area contributed by atoms with Crippen molar-refractivity contribution in [2.45, 2.75) is 19.3 Å². The number of carbonyl (C=O) groups is 1. The van der Waals surface area contributed by atoms with Crippen molar-refractivity contribution in [2.24, 2.45) is 5.41 Å². The van der Waals surface area contributed by atoms with Gasteiger partial charge >= 0.3 is 0 Å². The Bertz CT molecular complexity index is 1520. The molecule has 6 nitrogen and oxygen atoms in total. The van der Waals surface area contributed by atoms with E-state index in [1.165, 1.54) is 24.0 Å². The molecule has 8 heteroatoms. The molecule has 1 spiro atoms. The van der Waals surface area contributed by atoms with Gasteiger partial charge < -0.3 is 14.8 Å². The third kappa shape index (κ3) is 4.66. The van der Waals surface area contributed by atoms with Gasteiger partial charge in [0, 0.05) is 47.8 Å². The van der Waals surface area contributed by atoms with E-state index >= 15 is 0 Å². The molecule has 2 aliphatic heterocycles. The number of likely N-dealkylation sites (tertiary alicyclic amines) is 2. The van der Waals surface area contributed by atoms with Gasteiger partial charge in [0.05, 0.1) is 5.69 Å². The number of terminal acetylenes is 1. The van der Waals surface area contributed by atoms with Crippen LogP contribution in [-0.4, -0.2) is 63.4 Å². The number of aromatic amines is 1. The SMILES string of the molecule is C#CC(=O)N1CC2(CCN(CCc3ccc(-c4cc5c(-c6cc(F)cc(F)c6)ncnc5[nH]4)cc3)CC2)C1. The van der Waals surface area contributed by atoms with Gasteiger partial charge in [-0.15, -0.1) is 6.42 Å². The number of hydrogen-bond donors (Lipinski definition) is 1. The summed E-state index contributed by atoms with van der Waals surface area (Å²) in [5.74, 6) is 0.733. The van der Waals surface area contributed by atoms with E-state index in [1.54, 1.807) is 4.90 Å². The van der Waals surface area contributed by atoms with Crippen molar-refractivity contribution in [3.05, 3.63) is 72.1 Å². The Balaban J connectivity index is 1.09. The zero-order valence-electron chi connectivity index (χ0n) is 20.9. The molecule has 2 fully saturated rings. The number of carbonyl (C=O) groups excluding carboxylic acids is 1. The lowest BCUT2D eigenvalue weighted by molar-refractivity contribution is -0.140. The smallest absolute Gasteiger partial charge is 0.298 e. The van der Waals surface area contributed by atoms with E-state index in [-0.39, 0.29) is 11.3 Å². The van der Waals surface area contributed by atoms with Crippen LogP contribution in [0.1, 0.15) is 18.4 Å². The number of piperidine rings is 1. The molecule has 0 aliphatic carbocycles. The first kappa shape index (κ1) is 24.3. The second-order valence-electron chi connectivity index (χ2n) is 10.4. The van der Waals surface area contributed by atoms with Crippen molar-refractivity contribution in [2.75, 3.05) is 32.7 Å². The minimum Gasteiger partial charge on any atom is -0.339 e. The standard InChI is InChI=1S/C30H27F2N5O/c1-2-27(38)37-17-30(18-37)8-11-36(12-9-30)10-7-20-3-5-21(6-4-20)26-16-25-28(33-19-34-29(25)35-26)22-13-23(31)15-24(32)14-22/h1,3-6,13-16,19H,7-12,17-18H2,(H,33,34,35). The molecule has 0 saturated carbocycles. The van der Waals surface area contributed by atoms with Crippen LogP contribution >= 0.6 is 0 Å². The van der Waals surface area contributed by atoms with Crippen LogP contribution in [0.15, 0.2) is 54.9 Å². The van der Waals surface area contributed by atoms with E-state index in [2.05, 4.69) is 50.0 Å². The van der Waals surface area contributed by atoms with Gasteiger partial charge in [-0.1, -0.05) is 24.3 Å². The summed E-state index contributed by atoms with van der Waals surface area (Å²) in [6.45, 7) is 4.68. The first-order valence-corrected chi connectivity index (χ1v) is 12.8. The number of fused-ring (bicyclic) bond motifs is 1. The van der Waals surface area contributed by atoms with Crippen LogP contribution in [0, 0.1) is 29.4 Å². The fraction of sp³-hybridized carbons (Fsp3) is 0.300. The molecule has 4 aromatic rings. The summed E-state index contributed by atoms with van der Waals surface area (Å²) in [4.78, 5) is 27.8. The number of aromatic nitrogens is 3. The van der Waals surface area contributed by atoms with Gasteiger partial charge in [-0.05, 0) is 67.6 Å². The number of nitrogens with zero attached hydrogens (tertiary/aromatic N) is 4. The summed E-state index contributed by atoms with van der Waals surface area (Å²) >= 11 is 0. The zero-order valence-corrected chi connectivity index (χ0v) is 20.9. The molecule has 6 rings (SSSR count). The van der Waals surface area contributed by atoms with E-state index in [4.69, 9.17) is 6.42 Å². The van der Waals surface area contributed by atoms with Crippen molar-refractivity contribution in [3.8, 4) is 34.9 Å². The highest BCUT2D eigenvalue weighted by atomic mass is 19.1. The van der Waals surface area contributed by atoms with Gasteiger partial charge in [-0.2, -0.15) is 0 Å². The van der Waals surface area contributed by atoms with Crippen LogP contribution in [0.4, 0.5) is 8.78 Å². The number of amides is 1. The van der Waals surface area contributed by atoms with Gasteiger partial charge in [0.25, 0.3) is 5.91 Å². The van der Waals surface area contributed by atoms with Crippen molar-refractivity contribution < 1.29 is 13.6 Å². The van der Waals surface area contributed by atoms with Crippen LogP contribution in [0.25, 0.3) is 33.5 Å². The molecular weight excluding hydrogens is 484 g/mol. The maximum Gasteiger partial charge on any atom is 0.298 e. The zero-order chi connectivity index (χ0) is 26.3. The largest absolute Gasteiger partial charge is 0.339 e. The minimum atomic E-state index is -0.645. The predicted molar refractivity (Wildman–Crippen MR) is 142 cm³/mol. The Morgan fingerprint density at radius 3 is 2.39 bits per heavy atom. The Labute approximate surface area is 219 Å². The highest BCUT2D eigenvalue weighted by Crippen LogP contribution is 2.40. The molecule has 38 heavy (non-hydrogen) atoms. The molecule has 2 aliphatic rings. The number of benzene rings is 2. The second-order valence-corrected chi connectivity index (χ2v) is 10.4. The van der Waals surface area contributed by atoms with Gasteiger partial charge in [-0.3, -0.25) is 4.79 Å². The van der Waals surface area contributed by atoms with Crippen LogP contribution in [0.2, 0.25) is 0 Å². The van der Waals surface area contributed by atoms with E-state index < -0.39 is 11.6 Å². The number of nitrogens with one attached hydrogen (secondary N) is 1. The van der Waals surface area contributed by atoms with E-state index in [0.29, 0.717) is 22.3 Å². The van der Waals surface area contributed by atoms with E-state index in [9.17, 15) is 13.6 Å². The topological polar surface area (TPSA) is 65.1 Å². The maximum absolute atomic E-state index is 13.8. The summed E-state index contributed by atoms with van der Waals surface area (Å²) in [5.41, 5.74) is 4.85. The van der Waals surface area contributed by atoms with Gasteiger partial charge in [0.1, 0.15) is 23.6 Å². The van der Waals surface area contributed by atoms with Crippen molar-refractivity contribution in [1.29, 1.82) is 0 Å². The van der Waals surface area contributed by atoms with Crippen LogP contribution in [-0.2, 0) is 11.2 Å². The van der Waals surface area contributed by atoms with E-state index in [0.717, 1.165) is 69.3 Å². The molecule has 2 aromatic carbocycles. The molecule has 0 bridgehead atoms. The Kier molecular flexibility index (Phi) is 6.16. The molecular formula is C30H27F2N5O.